The number of anilines is 1. The number of ether oxygens (including phenoxy) is 2. The fourth-order valence-corrected chi connectivity index (χ4v) is 1.68. The van der Waals surface area contributed by atoms with Gasteiger partial charge in [-0.2, -0.15) is 0 Å². The maximum absolute atomic E-state index is 11.7. The van der Waals surface area contributed by atoms with Gasteiger partial charge in [-0.15, -0.1) is 0 Å². The van der Waals surface area contributed by atoms with Gasteiger partial charge in [-0.05, 0) is 24.1 Å². The zero-order chi connectivity index (χ0) is 16.4. The minimum absolute atomic E-state index is 0.217. The predicted octanol–water partition coefficient (Wildman–Crippen LogP) is 4.17. The first-order valence-corrected chi connectivity index (χ1v) is 7.17. The number of methoxy groups -OCH3 is 1. The van der Waals surface area contributed by atoms with Crippen molar-refractivity contribution in [3.05, 3.63) is 53.7 Å². The lowest BCUT2D eigenvalue weighted by atomic mass is 10.2. The van der Waals surface area contributed by atoms with Gasteiger partial charge in [0, 0.05) is 6.20 Å². The van der Waals surface area contributed by atoms with Crippen molar-refractivity contribution in [2.45, 2.75) is 27.4 Å². The Morgan fingerprint density at radius 1 is 1.23 bits per heavy atom. The lowest BCUT2D eigenvalue weighted by molar-refractivity contribution is 0.155. The molecule has 5 heteroatoms. The highest BCUT2D eigenvalue weighted by Gasteiger charge is 2.10. The molecule has 1 heterocycles. The Morgan fingerprint density at radius 3 is 2.55 bits per heavy atom. The molecule has 2 rings (SSSR count). The summed E-state index contributed by atoms with van der Waals surface area (Å²) in [5, 5.41) is 2.62. The van der Waals surface area contributed by atoms with Gasteiger partial charge in [-0.1, -0.05) is 44.2 Å². The van der Waals surface area contributed by atoms with Crippen molar-refractivity contribution >= 4 is 11.8 Å². The highest BCUT2D eigenvalue weighted by Crippen LogP contribution is 2.22. The summed E-state index contributed by atoms with van der Waals surface area (Å²) in [5.41, 5.74) is 2.34. The van der Waals surface area contributed by atoms with Gasteiger partial charge >= 0.3 is 6.09 Å². The number of hydrogen-bond donors (Lipinski definition) is 1. The van der Waals surface area contributed by atoms with Gasteiger partial charge in [0.2, 0.25) is 5.88 Å². The molecule has 2 aromatic rings. The lowest BCUT2D eigenvalue weighted by Crippen LogP contribution is -2.14. The fraction of sp³-hybridized carbons (Fsp3) is 0.294. The monoisotopic (exact) mass is 302 g/mol. The molecule has 118 valence electrons. The van der Waals surface area contributed by atoms with Gasteiger partial charge in [0.1, 0.15) is 12.3 Å². The van der Waals surface area contributed by atoms with Crippen LogP contribution < -0.4 is 10.1 Å². The molecule has 0 saturated heterocycles. The molecule has 1 N–H and O–H groups in total. The second-order valence-corrected chi connectivity index (χ2v) is 4.26. The average molecular weight is 302 g/mol. The summed E-state index contributed by atoms with van der Waals surface area (Å²) in [6, 6.07) is 11.3. The molecule has 0 fully saturated rings. The largest absolute Gasteiger partial charge is 0.480 e. The molecule has 0 aliphatic heterocycles. The Hall–Kier alpha value is -2.56. The van der Waals surface area contributed by atoms with Crippen LogP contribution in [0, 0.1) is 6.92 Å². The zero-order valence-electron chi connectivity index (χ0n) is 13.4. The maximum Gasteiger partial charge on any atom is 0.412 e. The SMILES string of the molecule is CC.COc1ncc(C)cc1NC(=O)OCc1ccccc1. The van der Waals surface area contributed by atoms with Gasteiger partial charge in [0.05, 0.1) is 7.11 Å². The van der Waals surface area contributed by atoms with Crippen molar-refractivity contribution in [1.29, 1.82) is 0 Å². The minimum Gasteiger partial charge on any atom is -0.480 e. The van der Waals surface area contributed by atoms with E-state index in [1.54, 1.807) is 12.3 Å². The molecule has 5 nitrogen and oxygen atoms in total. The average Bonchev–Trinajstić information content (AvgIpc) is 2.56. The summed E-state index contributed by atoms with van der Waals surface area (Å²) >= 11 is 0. The van der Waals surface area contributed by atoms with Crippen molar-refractivity contribution in [3.8, 4) is 5.88 Å². The molecule has 0 unspecified atom stereocenters. The van der Waals surface area contributed by atoms with Crippen LogP contribution >= 0.6 is 0 Å². The van der Waals surface area contributed by atoms with Crippen LogP contribution in [-0.2, 0) is 11.3 Å². The molecule has 0 atom stereocenters. The van der Waals surface area contributed by atoms with Gasteiger partial charge in [0.25, 0.3) is 0 Å². The third-order valence-electron chi connectivity index (χ3n) is 2.63. The number of aromatic nitrogens is 1. The Bertz CT molecular complexity index is 586. The summed E-state index contributed by atoms with van der Waals surface area (Å²) in [6.45, 7) is 6.10. The Morgan fingerprint density at radius 2 is 1.91 bits per heavy atom. The minimum atomic E-state index is -0.542. The van der Waals surface area contributed by atoms with E-state index in [0.717, 1.165) is 11.1 Å². The summed E-state index contributed by atoms with van der Waals surface area (Å²) in [5.74, 6) is 0.354. The number of amides is 1. The van der Waals surface area contributed by atoms with Gasteiger partial charge in [-0.3, -0.25) is 5.32 Å². The first-order chi connectivity index (χ1) is 10.7. The number of pyridine rings is 1. The molecule has 0 bridgehead atoms. The predicted molar refractivity (Wildman–Crippen MR) is 87.1 cm³/mol. The van der Waals surface area contributed by atoms with Crippen molar-refractivity contribution in [2.75, 3.05) is 12.4 Å². The molecule has 0 radical (unpaired) electrons. The molecule has 0 aliphatic rings. The molecule has 1 amide bonds. The van der Waals surface area contributed by atoms with E-state index < -0.39 is 6.09 Å². The number of nitrogens with one attached hydrogen (secondary N) is 1. The molecule has 0 saturated carbocycles. The van der Waals surface area contributed by atoms with E-state index in [1.807, 2.05) is 51.1 Å². The molecule has 0 aliphatic carbocycles. The standard InChI is InChI=1S/C15H16N2O3.C2H6/c1-11-8-13(14(19-2)16-9-11)17-15(18)20-10-12-6-4-3-5-7-12;1-2/h3-9H,10H2,1-2H3,(H,17,18);1-2H3. The Kier molecular flexibility index (Phi) is 7.47. The summed E-state index contributed by atoms with van der Waals surface area (Å²) < 4.78 is 10.2. The summed E-state index contributed by atoms with van der Waals surface area (Å²) in [7, 11) is 1.50. The number of benzene rings is 1. The number of hydrogen-bond acceptors (Lipinski definition) is 4. The lowest BCUT2D eigenvalue weighted by Gasteiger charge is -2.10. The number of carbonyl (C=O) groups is 1. The van der Waals surface area contributed by atoms with Crippen molar-refractivity contribution < 1.29 is 14.3 Å². The van der Waals surface area contributed by atoms with Crippen molar-refractivity contribution in [2.24, 2.45) is 0 Å². The highest BCUT2D eigenvalue weighted by atomic mass is 16.5. The third-order valence-corrected chi connectivity index (χ3v) is 2.63. The van der Waals surface area contributed by atoms with Crippen LogP contribution in [-0.4, -0.2) is 18.2 Å². The van der Waals surface area contributed by atoms with Gasteiger partial charge < -0.3 is 9.47 Å². The van der Waals surface area contributed by atoms with E-state index in [0.29, 0.717) is 11.6 Å². The molecular formula is C17H22N2O3. The first kappa shape index (κ1) is 17.5. The molecule has 22 heavy (non-hydrogen) atoms. The summed E-state index contributed by atoms with van der Waals surface area (Å²) in [4.78, 5) is 15.8. The number of rotatable bonds is 4. The van der Waals surface area contributed by atoms with Crippen molar-refractivity contribution in [1.82, 2.24) is 4.98 Å². The van der Waals surface area contributed by atoms with Crippen LogP contribution in [0.1, 0.15) is 25.0 Å². The molecule has 1 aromatic heterocycles. The second-order valence-electron chi connectivity index (χ2n) is 4.26. The van der Waals surface area contributed by atoms with Gasteiger partial charge in [-0.25, -0.2) is 9.78 Å². The fourth-order valence-electron chi connectivity index (χ4n) is 1.68. The van der Waals surface area contributed by atoms with E-state index >= 15 is 0 Å². The molecule has 1 aromatic carbocycles. The van der Waals surface area contributed by atoms with Gasteiger partial charge in [0.15, 0.2) is 0 Å². The van der Waals surface area contributed by atoms with Crippen LogP contribution in [0.15, 0.2) is 42.6 Å². The smallest absolute Gasteiger partial charge is 0.412 e. The highest BCUT2D eigenvalue weighted by molar-refractivity contribution is 5.86. The Balaban J connectivity index is 0.00000116. The molecule has 0 spiro atoms. The normalized spacial score (nSPS) is 9.27. The maximum atomic E-state index is 11.7. The summed E-state index contributed by atoms with van der Waals surface area (Å²) in [6.07, 6.45) is 1.12. The van der Waals surface area contributed by atoms with E-state index in [2.05, 4.69) is 10.3 Å². The zero-order valence-corrected chi connectivity index (χ0v) is 13.4. The van der Waals surface area contributed by atoms with Crippen LogP contribution in [0.25, 0.3) is 0 Å². The number of aryl methyl sites for hydroxylation is 1. The topological polar surface area (TPSA) is 60.5 Å². The quantitative estimate of drug-likeness (QED) is 0.920. The van der Waals surface area contributed by atoms with E-state index in [9.17, 15) is 4.79 Å². The van der Waals surface area contributed by atoms with Crippen molar-refractivity contribution in [3.63, 3.8) is 0 Å². The first-order valence-electron chi connectivity index (χ1n) is 7.17. The van der Waals surface area contributed by atoms with E-state index in [4.69, 9.17) is 9.47 Å². The number of carbonyl (C=O) groups excluding carboxylic acids is 1. The van der Waals surface area contributed by atoms with Crippen LogP contribution in [0.5, 0.6) is 5.88 Å². The van der Waals surface area contributed by atoms with Crippen LogP contribution in [0.4, 0.5) is 10.5 Å². The number of nitrogens with zero attached hydrogens (tertiary/aromatic N) is 1. The Labute approximate surface area is 131 Å². The third kappa shape index (κ3) is 5.44. The van der Waals surface area contributed by atoms with Crippen LogP contribution in [0.3, 0.4) is 0 Å². The van der Waals surface area contributed by atoms with E-state index in [1.165, 1.54) is 7.11 Å². The van der Waals surface area contributed by atoms with Crippen LogP contribution in [0.2, 0.25) is 0 Å². The molecular weight excluding hydrogens is 280 g/mol. The van der Waals surface area contributed by atoms with E-state index in [-0.39, 0.29) is 6.61 Å². The second kappa shape index (κ2) is 9.39.